The van der Waals surface area contributed by atoms with E-state index in [9.17, 15) is 15.0 Å². The fourth-order valence-electron chi connectivity index (χ4n) is 6.28. The highest BCUT2D eigenvalue weighted by molar-refractivity contribution is 5.89. The van der Waals surface area contributed by atoms with Crippen molar-refractivity contribution in [2.75, 3.05) is 50.5 Å². The highest BCUT2D eigenvalue weighted by Crippen LogP contribution is 2.33. The van der Waals surface area contributed by atoms with Gasteiger partial charge in [-0.25, -0.2) is 9.78 Å². The van der Waals surface area contributed by atoms with Crippen LogP contribution in [0.5, 0.6) is 5.75 Å². The molecule has 3 aromatic heterocycles. The van der Waals surface area contributed by atoms with E-state index in [0.717, 1.165) is 57.6 Å². The van der Waals surface area contributed by atoms with Crippen molar-refractivity contribution in [2.24, 2.45) is 0 Å². The number of pyridine rings is 1. The second-order valence-corrected chi connectivity index (χ2v) is 11.2. The lowest BCUT2D eigenvalue weighted by Gasteiger charge is -2.39. The largest absolute Gasteiger partial charge is 0.495 e. The average Bonchev–Trinajstić information content (AvgIpc) is 3.40. The number of aromatic nitrogens is 5. The molecule has 2 aliphatic rings. The molecule has 1 amide bonds. The Kier molecular flexibility index (Phi) is 10.0. The summed E-state index contributed by atoms with van der Waals surface area (Å²) >= 11 is 0. The highest BCUT2D eigenvalue weighted by Gasteiger charge is 2.27. The summed E-state index contributed by atoms with van der Waals surface area (Å²) in [5.41, 5.74) is 3.06. The van der Waals surface area contributed by atoms with Gasteiger partial charge in [0, 0.05) is 24.9 Å². The fraction of sp³-hybridized carbons (Fsp3) is 0.621. The third kappa shape index (κ3) is 7.08. The number of fused-ring (bicyclic) bond motifs is 1. The van der Waals surface area contributed by atoms with Crippen LogP contribution in [0.4, 0.5) is 16.6 Å². The van der Waals surface area contributed by atoms with Crippen molar-refractivity contribution < 1.29 is 19.7 Å². The number of aliphatic hydroxyl groups is 1. The average molecular weight is 582 g/mol. The number of nitrogens with zero attached hydrogens (tertiary/aromatic N) is 6. The van der Waals surface area contributed by atoms with Crippen molar-refractivity contribution in [3.63, 3.8) is 0 Å². The number of rotatable bonds is 12. The summed E-state index contributed by atoms with van der Waals surface area (Å²) in [6.07, 6.45) is 9.26. The van der Waals surface area contributed by atoms with E-state index in [1.54, 1.807) is 18.0 Å². The van der Waals surface area contributed by atoms with Crippen molar-refractivity contribution >= 4 is 28.9 Å². The maximum absolute atomic E-state index is 11.3. The van der Waals surface area contributed by atoms with Gasteiger partial charge in [-0.1, -0.05) is 13.3 Å². The predicted octanol–water partition coefficient (Wildman–Crippen LogP) is 3.26. The van der Waals surface area contributed by atoms with Gasteiger partial charge in [-0.15, -0.1) is 0 Å². The molecule has 0 spiro atoms. The molecule has 3 aromatic rings. The lowest BCUT2D eigenvalue weighted by Crippen LogP contribution is -2.46. The minimum Gasteiger partial charge on any atom is -0.495 e. The Bertz CT molecular complexity index is 1330. The quantitative estimate of drug-likeness (QED) is 0.213. The summed E-state index contributed by atoms with van der Waals surface area (Å²) in [5.74, 6) is 1.57. The standard InChI is InChI=1S/C29H43N9O4/c1-3-4-21(9-14-39)33-27-26-23(34-28(35-27)36-29(40)41)17-32-38(26)18-24-25(42-2)15-20(16-31-24)19-7-12-37(13-8-19)22-5-10-30-11-6-22/h15-17,19,21-22,30,39H,3-14,18H2,1-2H3,(H,40,41)(H2,33,34,35,36)/t21-/m0/s1. The van der Waals surface area contributed by atoms with Gasteiger partial charge in [0.1, 0.15) is 22.5 Å². The maximum atomic E-state index is 11.3. The Hall–Kier alpha value is -3.55. The molecule has 5 rings (SSSR count). The highest BCUT2D eigenvalue weighted by atomic mass is 16.5. The van der Waals surface area contributed by atoms with Gasteiger partial charge in [0.05, 0.1) is 19.9 Å². The molecule has 13 nitrogen and oxygen atoms in total. The molecule has 0 saturated carbocycles. The van der Waals surface area contributed by atoms with E-state index in [0.29, 0.717) is 47.5 Å². The molecule has 5 N–H and O–H groups in total. The summed E-state index contributed by atoms with van der Waals surface area (Å²) in [6.45, 7) is 6.88. The molecule has 5 heterocycles. The topological polar surface area (TPSA) is 163 Å². The molecule has 2 fully saturated rings. The predicted molar refractivity (Wildman–Crippen MR) is 160 cm³/mol. The molecule has 2 aliphatic heterocycles. The number of piperidine rings is 2. The van der Waals surface area contributed by atoms with Gasteiger partial charge in [-0.3, -0.25) is 15.0 Å². The number of carbonyl (C=O) groups is 1. The van der Waals surface area contributed by atoms with E-state index < -0.39 is 6.09 Å². The molecule has 0 aromatic carbocycles. The van der Waals surface area contributed by atoms with Crippen molar-refractivity contribution in [1.29, 1.82) is 0 Å². The second kappa shape index (κ2) is 14.1. The van der Waals surface area contributed by atoms with E-state index in [4.69, 9.17) is 9.72 Å². The normalized spacial score (nSPS) is 17.8. The summed E-state index contributed by atoms with van der Waals surface area (Å²) in [4.78, 5) is 27.6. The maximum Gasteiger partial charge on any atom is 0.411 e. The van der Waals surface area contributed by atoms with Crippen LogP contribution < -0.4 is 20.7 Å². The molecule has 1 atom stereocenters. The molecule has 0 bridgehead atoms. The number of hydrogen-bond donors (Lipinski definition) is 5. The lowest BCUT2D eigenvalue weighted by molar-refractivity contribution is 0.127. The zero-order valence-electron chi connectivity index (χ0n) is 24.6. The van der Waals surface area contributed by atoms with Gasteiger partial charge in [-0.2, -0.15) is 10.1 Å². The SMILES string of the molecule is CCC[C@@H](CCO)Nc1nc(NC(=O)O)nc2cnn(Cc3ncc(C4CCN(C5CCNCC5)CC4)cc3OC)c12. The third-order valence-corrected chi connectivity index (χ3v) is 8.46. The Labute approximate surface area is 246 Å². The van der Waals surface area contributed by atoms with Gasteiger partial charge in [0.15, 0.2) is 5.82 Å². The number of carboxylic acid groups (broad SMARTS) is 1. The Morgan fingerprint density at radius 1 is 1.17 bits per heavy atom. The molecular weight excluding hydrogens is 538 g/mol. The first-order valence-electron chi connectivity index (χ1n) is 15.1. The van der Waals surface area contributed by atoms with Crippen LogP contribution in [0.1, 0.15) is 69.0 Å². The van der Waals surface area contributed by atoms with Crippen molar-refractivity contribution in [1.82, 2.24) is 34.9 Å². The van der Waals surface area contributed by atoms with Crippen LogP contribution in [0.2, 0.25) is 0 Å². The molecule has 0 aliphatic carbocycles. The number of ether oxygens (including phenoxy) is 1. The van der Waals surface area contributed by atoms with Gasteiger partial charge in [0.25, 0.3) is 0 Å². The van der Waals surface area contributed by atoms with Gasteiger partial charge >= 0.3 is 6.09 Å². The van der Waals surface area contributed by atoms with Crippen LogP contribution in [0, 0.1) is 0 Å². The van der Waals surface area contributed by atoms with Crippen molar-refractivity contribution in [2.45, 2.75) is 76.4 Å². The summed E-state index contributed by atoms with van der Waals surface area (Å²) in [7, 11) is 1.66. The lowest BCUT2D eigenvalue weighted by atomic mass is 9.88. The minimum atomic E-state index is -1.25. The number of anilines is 2. The van der Waals surface area contributed by atoms with Gasteiger partial charge in [0.2, 0.25) is 5.95 Å². The van der Waals surface area contributed by atoms with E-state index in [2.05, 4.69) is 48.9 Å². The van der Waals surface area contributed by atoms with E-state index in [1.165, 1.54) is 18.4 Å². The Morgan fingerprint density at radius 3 is 2.64 bits per heavy atom. The molecule has 42 heavy (non-hydrogen) atoms. The number of nitrogens with one attached hydrogen (secondary N) is 3. The van der Waals surface area contributed by atoms with E-state index in [-0.39, 0.29) is 18.6 Å². The van der Waals surface area contributed by atoms with Crippen LogP contribution >= 0.6 is 0 Å². The number of hydrogen-bond acceptors (Lipinski definition) is 10. The van der Waals surface area contributed by atoms with Crippen LogP contribution in [-0.4, -0.2) is 97.9 Å². The number of methoxy groups -OCH3 is 1. The van der Waals surface area contributed by atoms with Gasteiger partial charge < -0.3 is 30.5 Å². The first kappa shape index (κ1) is 29.9. The number of aliphatic hydroxyl groups excluding tert-OH is 1. The fourth-order valence-corrected chi connectivity index (χ4v) is 6.28. The molecule has 13 heteroatoms. The number of amides is 1. The van der Waals surface area contributed by atoms with E-state index >= 15 is 0 Å². The van der Waals surface area contributed by atoms with E-state index in [1.807, 2.05) is 6.20 Å². The van der Waals surface area contributed by atoms with Crippen LogP contribution in [0.25, 0.3) is 11.0 Å². The third-order valence-electron chi connectivity index (χ3n) is 8.46. The van der Waals surface area contributed by atoms with Crippen molar-refractivity contribution in [3.05, 3.63) is 29.7 Å². The summed E-state index contributed by atoms with van der Waals surface area (Å²) in [6, 6.07) is 2.76. The number of likely N-dealkylation sites (tertiary alicyclic amines) is 1. The first-order valence-corrected chi connectivity index (χ1v) is 15.1. The monoisotopic (exact) mass is 581 g/mol. The summed E-state index contributed by atoms with van der Waals surface area (Å²) < 4.78 is 7.56. The molecule has 0 unspecified atom stereocenters. The first-order chi connectivity index (χ1) is 20.5. The van der Waals surface area contributed by atoms with Crippen LogP contribution in [0.3, 0.4) is 0 Å². The van der Waals surface area contributed by atoms with Crippen LogP contribution in [-0.2, 0) is 6.54 Å². The van der Waals surface area contributed by atoms with Crippen molar-refractivity contribution in [3.8, 4) is 5.75 Å². The summed E-state index contributed by atoms with van der Waals surface area (Å²) in [5, 5.41) is 32.5. The zero-order valence-corrected chi connectivity index (χ0v) is 24.6. The van der Waals surface area contributed by atoms with Crippen LogP contribution in [0.15, 0.2) is 18.5 Å². The molecule has 228 valence electrons. The molecular formula is C29H43N9O4. The zero-order chi connectivity index (χ0) is 29.5. The Balaban J connectivity index is 1.36. The smallest absolute Gasteiger partial charge is 0.411 e. The molecule has 0 radical (unpaired) electrons. The molecule has 2 saturated heterocycles. The Morgan fingerprint density at radius 2 is 1.95 bits per heavy atom. The minimum absolute atomic E-state index is 0.0238. The second-order valence-electron chi connectivity index (χ2n) is 11.2. The van der Waals surface area contributed by atoms with Gasteiger partial charge in [-0.05, 0) is 82.3 Å².